The van der Waals surface area contributed by atoms with Crippen molar-refractivity contribution >= 4 is 11.6 Å². The molecule has 1 aromatic heterocycles. The Balaban J connectivity index is 2.16. The summed E-state index contributed by atoms with van der Waals surface area (Å²) in [5.41, 5.74) is 1.07. The molecule has 0 saturated carbocycles. The maximum absolute atomic E-state index is 11.6. The largest absolute Gasteiger partial charge is 0.459 e. The second-order valence-corrected chi connectivity index (χ2v) is 3.12. The van der Waals surface area contributed by atoms with Gasteiger partial charge in [-0.2, -0.15) is 5.26 Å². The Morgan fingerprint density at radius 2 is 2.19 bits per heavy atom. The van der Waals surface area contributed by atoms with Crippen LogP contribution in [0.15, 0.2) is 47.1 Å². The molecule has 4 nitrogen and oxygen atoms in total. The maximum atomic E-state index is 11.6. The zero-order valence-corrected chi connectivity index (χ0v) is 8.31. The molecule has 0 aliphatic carbocycles. The average Bonchev–Trinajstić information content (AvgIpc) is 2.83. The topological polar surface area (TPSA) is 66.0 Å². The Labute approximate surface area is 92.1 Å². The van der Waals surface area contributed by atoms with Crippen LogP contribution < -0.4 is 5.32 Å². The van der Waals surface area contributed by atoms with Gasteiger partial charge in [-0.3, -0.25) is 4.79 Å². The summed E-state index contributed by atoms with van der Waals surface area (Å²) in [5, 5.41) is 11.3. The van der Waals surface area contributed by atoms with E-state index in [1.165, 1.54) is 6.26 Å². The van der Waals surface area contributed by atoms with Gasteiger partial charge >= 0.3 is 0 Å². The van der Waals surface area contributed by atoms with Crippen molar-refractivity contribution in [2.45, 2.75) is 0 Å². The molecule has 1 amide bonds. The Morgan fingerprint density at radius 3 is 2.88 bits per heavy atom. The van der Waals surface area contributed by atoms with Gasteiger partial charge in [0.1, 0.15) is 0 Å². The SMILES string of the molecule is N#Cc1cccc(NC(=O)c2ccco2)c1. The Morgan fingerprint density at radius 1 is 1.31 bits per heavy atom. The molecule has 0 saturated heterocycles. The summed E-state index contributed by atoms with van der Waals surface area (Å²) in [7, 11) is 0. The molecule has 1 N–H and O–H groups in total. The summed E-state index contributed by atoms with van der Waals surface area (Å²) < 4.78 is 4.95. The van der Waals surface area contributed by atoms with E-state index in [9.17, 15) is 4.79 Å². The van der Waals surface area contributed by atoms with Crippen LogP contribution in [0.4, 0.5) is 5.69 Å². The standard InChI is InChI=1S/C12H8N2O2/c13-8-9-3-1-4-10(7-9)14-12(15)11-5-2-6-16-11/h1-7H,(H,14,15). The van der Waals surface area contributed by atoms with Gasteiger partial charge in [0.05, 0.1) is 17.9 Å². The molecule has 0 atom stereocenters. The predicted octanol–water partition coefficient (Wildman–Crippen LogP) is 2.40. The van der Waals surface area contributed by atoms with Gasteiger partial charge in [0.25, 0.3) is 5.91 Å². The maximum Gasteiger partial charge on any atom is 0.291 e. The number of benzene rings is 1. The number of hydrogen-bond acceptors (Lipinski definition) is 3. The number of nitriles is 1. The van der Waals surface area contributed by atoms with Crippen molar-refractivity contribution in [1.29, 1.82) is 5.26 Å². The van der Waals surface area contributed by atoms with Crippen molar-refractivity contribution in [2.24, 2.45) is 0 Å². The van der Waals surface area contributed by atoms with E-state index in [-0.39, 0.29) is 11.7 Å². The molecule has 1 aromatic carbocycles. The fourth-order valence-electron chi connectivity index (χ4n) is 1.27. The third-order valence-electron chi connectivity index (χ3n) is 1.99. The second-order valence-electron chi connectivity index (χ2n) is 3.12. The number of hydrogen-bond donors (Lipinski definition) is 1. The van der Waals surface area contributed by atoms with E-state index in [1.807, 2.05) is 6.07 Å². The quantitative estimate of drug-likeness (QED) is 0.831. The predicted molar refractivity (Wildman–Crippen MR) is 57.8 cm³/mol. The summed E-state index contributed by atoms with van der Waals surface area (Å²) in [5.74, 6) is -0.0950. The van der Waals surface area contributed by atoms with E-state index in [0.717, 1.165) is 0 Å². The minimum Gasteiger partial charge on any atom is -0.459 e. The Bertz CT molecular complexity index is 538. The lowest BCUT2D eigenvalue weighted by molar-refractivity contribution is 0.0996. The number of amides is 1. The molecular weight excluding hydrogens is 204 g/mol. The van der Waals surface area contributed by atoms with Crippen LogP contribution in [0.5, 0.6) is 0 Å². The lowest BCUT2D eigenvalue weighted by Gasteiger charge is -2.02. The third-order valence-corrected chi connectivity index (χ3v) is 1.99. The van der Waals surface area contributed by atoms with Gasteiger partial charge in [-0.15, -0.1) is 0 Å². The fourth-order valence-corrected chi connectivity index (χ4v) is 1.27. The van der Waals surface area contributed by atoms with Crippen molar-refractivity contribution in [2.75, 3.05) is 5.32 Å². The van der Waals surface area contributed by atoms with Crippen LogP contribution in [-0.4, -0.2) is 5.91 Å². The number of anilines is 1. The number of carbonyl (C=O) groups excluding carboxylic acids is 1. The van der Waals surface area contributed by atoms with Gasteiger partial charge in [0, 0.05) is 5.69 Å². The van der Waals surface area contributed by atoms with E-state index in [4.69, 9.17) is 9.68 Å². The molecule has 0 aliphatic rings. The smallest absolute Gasteiger partial charge is 0.291 e. The number of carbonyl (C=O) groups is 1. The Hall–Kier alpha value is -2.54. The summed E-state index contributed by atoms with van der Waals surface area (Å²) >= 11 is 0. The first-order valence-electron chi connectivity index (χ1n) is 4.64. The van der Waals surface area contributed by atoms with Crippen LogP contribution in [0.1, 0.15) is 16.1 Å². The van der Waals surface area contributed by atoms with Crippen molar-refractivity contribution in [3.8, 4) is 6.07 Å². The molecule has 16 heavy (non-hydrogen) atoms. The van der Waals surface area contributed by atoms with E-state index >= 15 is 0 Å². The summed E-state index contributed by atoms with van der Waals surface area (Å²) in [6.45, 7) is 0. The average molecular weight is 212 g/mol. The van der Waals surface area contributed by atoms with Gasteiger partial charge in [0.2, 0.25) is 0 Å². The molecule has 0 fully saturated rings. The molecule has 78 valence electrons. The highest BCUT2D eigenvalue weighted by Crippen LogP contribution is 2.11. The van der Waals surface area contributed by atoms with Crippen LogP contribution in [0.2, 0.25) is 0 Å². The van der Waals surface area contributed by atoms with Gasteiger partial charge < -0.3 is 9.73 Å². The lowest BCUT2D eigenvalue weighted by Crippen LogP contribution is -2.10. The van der Waals surface area contributed by atoms with Crippen LogP contribution >= 0.6 is 0 Å². The highest BCUT2D eigenvalue weighted by Gasteiger charge is 2.08. The molecule has 1 heterocycles. The summed E-state index contributed by atoms with van der Waals surface area (Å²) in [6, 6.07) is 11.9. The molecular formula is C12H8N2O2. The van der Waals surface area contributed by atoms with Gasteiger partial charge in [-0.25, -0.2) is 0 Å². The monoisotopic (exact) mass is 212 g/mol. The number of nitrogens with one attached hydrogen (secondary N) is 1. The molecule has 2 aromatic rings. The van der Waals surface area contributed by atoms with E-state index in [0.29, 0.717) is 11.3 Å². The first-order chi connectivity index (χ1) is 7.79. The lowest BCUT2D eigenvalue weighted by atomic mass is 10.2. The highest BCUT2D eigenvalue weighted by atomic mass is 16.3. The van der Waals surface area contributed by atoms with Crippen molar-refractivity contribution in [3.63, 3.8) is 0 Å². The summed E-state index contributed by atoms with van der Waals surface area (Å²) in [4.78, 5) is 11.6. The minimum atomic E-state index is -0.333. The number of nitrogens with zero attached hydrogens (tertiary/aromatic N) is 1. The number of furan rings is 1. The van der Waals surface area contributed by atoms with Gasteiger partial charge in [0.15, 0.2) is 5.76 Å². The Kier molecular flexibility index (Phi) is 2.70. The van der Waals surface area contributed by atoms with Crippen LogP contribution in [-0.2, 0) is 0 Å². The van der Waals surface area contributed by atoms with Gasteiger partial charge in [-0.05, 0) is 30.3 Å². The van der Waals surface area contributed by atoms with E-state index in [2.05, 4.69) is 5.32 Å². The molecule has 0 bridgehead atoms. The van der Waals surface area contributed by atoms with Crippen molar-refractivity contribution in [1.82, 2.24) is 0 Å². The third kappa shape index (κ3) is 2.10. The molecule has 0 spiro atoms. The summed E-state index contributed by atoms with van der Waals surface area (Å²) in [6.07, 6.45) is 1.43. The zero-order chi connectivity index (χ0) is 11.4. The van der Waals surface area contributed by atoms with Crippen LogP contribution in [0.3, 0.4) is 0 Å². The normalized spacial score (nSPS) is 9.44. The first kappa shape index (κ1) is 9.99. The van der Waals surface area contributed by atoms with Crippen LogP contribution in [0.25, 0.3) is 0 Å². The molecule has 4 heteroatoms. The second kappa shape index (κ2) is 4.32. The number of rotatable bonds is 2. The minimum absolute atomic E-state index is 0.238. The highest BCUT2D eigenvalue weighted by molar-refractivity contribution is 6.02. The molecule has 0 aliphatic heterocycles. The first-order valence-corrected chi connectivity index (χ1v) is 4.64. The molecule has 0 unspecified atom stereocenters. The van der Waals surface area contributed by atoms with Crippen molar-refractivity contribution < 1.29 is 9.21 Å². The van der Waals surface area contributed by atoms with E-state index < -0.39 is 0 Å². The van der Waals surface area contributed by atoms with Gasteiger partial charge in [-0.1, -0.05) is 6.07 Å². The zero-order valence-electron chi connectivity index (χ0n) is 8.31. The van der Waals surface area contributed by atoms with E-state index in [1.54, 1.807) is 36.4 Å². The molecule has 0 radical (unpaired) electrons. The van der Waals surface area contributed by atoms with Crippen molar-refractivity contribution in [3.05, 3.63) is 54.0 Å². The molecule has 2 rings (SSSR count). The van der Waals surface area contributed by atoms with Crippen LogP contribution in [0, 0.1) is 11.3 Å². The fraction of sp³-hybridized carbons (Fsp3) is 0.